The molecule has 2 nitrogen and oxygen atoms in total. The normalized spacial score (nSPS) is 12.9. The van der Waals surface area contributed by atoms with E-state index in [0.717, 1.165) is 5.56 Å². The Kier molecular flexibility index (Phi) is 3.32. The maximum absolute atomic E-state index is 12.9. The maximum atomic E-state index is 12.9. The molecule has 0 aliphatic heterocycles. The van der Waals surface area contributed by atoms with E-state index in [4.69, 9.17) is 7.85 Å². The highest BCUT2D eigenvalue weighted by Gasteiger charge is 2.18. The summed E-state index contributed by atoms with van der Waals surface area (Å²) in [5.74, 6) is 0.121. The topological polar surface area (TPSA) is 17.8 Å². The van der Waals surface area contributed by atoms with Crippen LogP contribution in [0.15, 0.2) is 36.7 Å². The minimum absolute atomic E-state index is 0.0768. The molecule has 0 spiro atoms. The van der Waals surface area contributed by atoms with Crippen LogP contribution in [-0.4, -0.2) is 17.6 Å². The fourth-order valence-corrected chi connectivity index (χ4v) is 2.01. The Morgan fingerprint density at radius 3 is 2.35 bits per heavy atom. The highest BCUT2D eigenvalue weighted by atomic mass is 19.1. The molecule has 1 heterocycles. The van der Waals surface area contributed by atoms with Crippen LogP contribution in [0.25, 0.3) is 0 Å². The molecule has 0 aliphatic carbocycles. The molecule has 86 valence electrons. The molecule has 1 atom stereocenters. The van der Waals surface area contributed by atoms with E-state index in [0.29, 0.717) is 11.4 Å². The molecule has 1 aromatic carbocycles. The minimum atomic E-state index is -0.226. The molecular formula is C13H14BFN2. The van der Waals surface area contributed by atoms with Crippen molar-refractivity contribution in [1.82, 2.24) is 9.78 Å². The summed E-state index contributed by atoms with van der Waals surface area (Å²) in [5.41, 5.74) is 1.67. The van der Waals surface area contributed by atoms with Crippen LogP contribution in [-0.2, 0) is 0 Å². The zero-order valence-corrected chi connectivity index (χ0v) is 9.97. The summed E-state index contributed by atoms with van der Waals surface area (Å²) in [6.45, 7) is 4.21. The molecule has 0 N–H and O–H groups in total. The molecule has 4 heteroatoms. The van der Waals surface area contributed by atoms with Gasteiger partial charge >= 0.3 is 0 Å². The van der Waals surface area contributed by atoms with E-state index in [9.17, 15) is 4.39 Å². The Labute approximate surface area is 102 Å². The second-order valence-electron chi connectivity index (χ2n) is 4.49. The standard InChI is InChI=1S/C13H14BFN2/c1-9(2)13(17-8-11(14)7-16-17)10-3-5-12(15)6-4-10/h3-9,13H,1-2H3. The molecule has 2 radical (unpaired) electrons. The average Bonchev–Trinajstić information content (AvgIpc) is 2.68. The molecule has 1 unspecified atom stereocenters. The van der Waals surface area contributed by atoms with Crippen molar-refractivity contribution in [3.63, 3.8) is 0 Å². The van der Waals surface area contributed by atoms with Crippen LogP contribution in [0, 0.1) is 11.7 Å². The highest BCUT2D eigenvalue weighted by molar-refractivity contribution is 6.31. The van der Waals surface area contributed by atoms with Crippen LogP contribution in [0.1, 0.15) is 25.5 Å². The van der Waals surface area contributed by atoms with Crippen molar-refractivity contribution in [2.75, 3.05) is 0 Å². The van der Waals surface area contributed by atoms with Gasteiger partial charge in [0.25, 0.3) is 0 Å². The van der Waals surface area contributed by atoms with Crippen molar-refractivity contribution in [3.8, 4) is 0 Å². The van der Waals surface area contributed by atoms with Crippen molar-refractivity contribution < 1.29 is 4.39 Å². The first-order chi connectivity index (χ1) is 8.08. The van der Waals surface area contributed by atoms with Crippen molar-refractivity contribution in [3.05, 3.63) is 48.0 Å². The second kappa shape index (κ2) is 4.74. The number of aromatic nitrogens is 2. The van der Waals surface area contributed by atoms with Gasteiger partial charge in [-0.2, -0.15) is 5.10 Å². The van der Waals surface area contributed by atoms with Crippen LogP contribution >= 0.6 is 0 Å². The highest BCUT2D eigenvalue weighted by Crippen LogP contribution is 2.25. The van der Waals surface area contributed by atoms with Crippen molar-refractivity contribution in [1.29, 1.82) is 0 Å². The van der Waals surface area contributed by atoms with Gasteiger partial charge in [0.1, 0.15) is 13.7 Å². The van der Waals surface area contributed by atoms with E-state index in [1.807, 2.05) is 4.68 Å². The van der Waals surface area contributed by atoms with Crippen LogP contribution in [0.5, 0.6) is 0 Å². The molecular weight excluding hydrogens is 214 g/mol. The van der Waals surface area contributed by atoms with Crippen molar-refractivity contribution in [2.45, 2.75) is 19.9 Å². The summed E-state index contributed by atoms with van der Waals surface area (Å²) in [7, 11) is 5.68. The molecule has 2 rings (SSSR count). The molecule has 0 bridgehead atoms. The van der Waals surface area contributed by atoms with Crippen molar-refractivity contribution in [2.24, 2.45) is 5.92 Å². The molecule has 0 saturated heterocycles. The van der Waals surface area contributed by atoms with Gasteiger partial charge in [-0.1, -0.05) is 31.4 Å². The van der Waals surface area contributed by atoms with Gasteiger partial charge in [-0.15, -0.1) is 0 Å². The van der Waals surface area contributed by atoms with Gasteiger partial charge in [0.15, 0.2) is 0 Å². The third kappa shape index (κ3) is 2.57. The Morgan fingerprint density at radius 1 is 1.24 bits per heavy atom. The first-order valence-electron chi connectivity index (χ1n) is 5.63. The lowest BCUT2D eigenvalue weighted by Gasteiger charge is -2.22. The second-order valence-corrected chi connectivity index (χ2v) is 4.49. The summed E-state index contributed by atoms with van der Waals surface area (Å²) in [6.07, 6.45) is 3.42. The van der Waals surface area contributed by atoms with Gasteiger partial charge in [0.2, 0.25) is 0 Å². The average molecular weight is 228 g/mol. The lowest BCUT2D eigenvalue weighted by Crippen LogP contribution is -2.17. The van der Waals surface area contributed by atoms with Crippen LogP contribution in [0.2, 0.25) is 0 Å². The molecule has 0 fully saturated rings. The number of nitrogens with zero attached hydrogens (tertiary/aromatic N) is 2. The monoisotopic (exact) mass is 228 g/mol. The zero-order chi connectivity index (χ0) is 12.4. The fourth-order valence-electron chi connectivity index (χ4n) is 2.01. The Balaban J connectivity index is 2.39. The first kappa shape index (κ1) is 11.9. The molecule has 0 amide bonds. The summed E-state index contributed by atoms with van der Waals surface area (Å²) in [5, 5.41) is 4.23. The number of halogens is 1. The van der Waals surface area contributed by atoms with Gasteiger partial charge < -0.3 is 0 Å². The summed E-state index contributed by atoms with van der Waals surface area (Å²) in [4.78, 5) is 0. The fraction of sp³-hybridized carbons (Fsp3) is 0.308. The first-order valence-corrected chi connectivity index (χ1v) is 5.63. The summed E-state index contributed by atoms with van der Waals surface area (Å²) >= 11 is 0. The third-order valence-electron chi connectivity index (χ3n) is 2.75. The third-order valence-corrected chi connectivity index (χ3v) is 2.75. The van der Waals surface area contributed by atoms with Crippen molar-refractivity contribution >= 4 is 13.3 Å². The number of hydrogen-bond donors (Lipinski definition) is 0. The Bertz CT molecular complexity index is 490. The predicted molar refractivity (Wildman–Crippen MR) is 67.0 cm³/mol. The zero-order valence-electron chi connectivity index (χ0n) is 9.97. The van der Waals surface area contributed by atoms with E-state index in [1.165, 1.54) is 12.1 Å². The van der Waals surface area contributed by atoms with E-state index in [-0.39, 0.29) is 11.9 Å². The van der Waals surface area contributed by atoms with Gasteiger partial charge in [-0.25, -0.2) is 4.39 Å². The number of benzene rings is 1. The largest absolute Gasteiger partial charge is 0.266 e. The van der Waals surface area contributed by atoms with E-state index in [1.54, 1.807) is 24.5 Å². The summed E-state index contributed by atoms with van der Waals surface area (Å²) < 4.78 is 14.7. The molecule has 0 aliphatic rings. The number of rotatable bonds is 3. The van der Waals surface area contributed by atoms with E-state index >= 15 is 0 Å². The van der Waals surface area contributed by atoms with Gasteiger partial charge in [0.05, 0.1) is 6.04 Å². The van der Waals surface area contributed by atoms with Gasteiger partial charge in [-0.3, -0.25) is 4.68 Å². The van der Waals surface area contributed by atoms with Gasteiger partial charge in [0, 0.05) is 12.4 Å². The Morgan fingerprint density at radius 2 is 1.88 bits per heavy atom. The smallest absolute Gasteiger partial charge is 0.123 e. The summed E-state index contributed by atoms with van der Waals surface area (Å²) in [6, 6.07) is 6.60. The van der Waals surface area contributed by atoms with E-state index in [2.05, 4.69) is 18.9 Å². The van der Waals surface area contributed by atoms with Crippen LogP contribution in [0.3, 0.4) is 0 Å². The predicted octanol–water partition coefficient (Wildman–Crippen LogP) is 2.06. The maximum Gasteiger partial charge on any atom is 0.123 e. The lowest BCUT2D eigenvalue weighted by atomic mass is 9.96. The molecule has 2 aromatic rings. The minimum Gasteiger partial charge on any atom is -0.266 e. The lowest BCUT2D eigenvalue weighted by molar-refractivity contribution is 0.402. The number of hydrogen-bond acceptors (Lipinski definition) is 1. The molecule has 1 aromatic heterocycles. The van der Waals surface area contributed by atoms with E-state index < -0.39 is 0 Å². The SMILES string of the molecule is [B]c1cnn(C(c2ccc(F)cc2)C(C)C)c1. The Hall–Kier alpha value is -1.58. The van der Waals surface area contributed by atoms with Crippen LogP contribution < -0.4 is 5.46 Å². The van der Waals surface area contributed by atoms with Crippen LogP contribution in [0.4, 0.5) is 4.39 Å². The molecule has 0 saturated carbocycles. The quantitative estimate of drug-likeness (QED) is 0.735. The van der Waals surface area contributed by atoms with Gasteiger partial charge in [-0.05, 0) is 23.6 Å². The molecule has 17 heavy (non-hydrogen) atoms.